The van der Waals surface area contributed by atoms with Gasteiger partial charge in [-0.3, -0.25) is 18.7 Å². The number of ether oxygens (including phenoxy) is 1. The molecule has 13 heteroatoms. The molecule has 0 fully saturated rings. The molecule has 196 valence electrons. The molecule has 2 aromatic rings. The Balaban J connectivity index is 1.67. The molecule has 10 nitrogen and oxygen atoms in total. The molecule has 2 aliphatic carbocycles. The van der Waals surface area contributed by atoms with Crippen LogP contribution in [0.15, 0.2) is 35.4 Å². The van der Waals surface area contributed by atoms with Crippen molar-refractivity contribution >= 4 is 44.9 Å². The molecular formula is C24H24Cl2N4O6S. The SMILES string of the molecule is CS(=O)(=O)OC1Cc2c(ccc3c2C(=O)c2cccc(OCCN(CCCl)CCCl)c2C3=O)C1N=[N+]=[N-]. The first-order valence-electron chi connectivity index (χ1n) is 11.5. The first-order chi connectivity index (χ1) is 17.7. The van der Waals surface area contributed by atoms with Gasteiger partial charge in [0.15, 0.2) is 11.6 Å². The van der Waals surface area contributed by atoms with Gasteiger partial charge in [-0.1, -0.05) is 23.3 Å². The summed E-state index contributed by atoms with van der Waals surface area (Å²) in [6.07, 6.45) is -0.123. The number of fused-ring (bicyclic) bond motifs is 4. The van der Waals surface area contributed by atoms with Crippen LogP contribution in [0.4, 0.5) is 0 Å². The standard InChI is InChI=1S/C24H24Cl2N4O6S/c1-37(33,34)36-19-13-17-14(22(19)28-29-27)5-6-16-20(17)23(31)15-3-2-4-18(21(15)24(16)32)35-12-11-30(9-7-25)10-8-26/h2-6,19,22H,7-13H2,1H3. The maximum atomic E-state index is 13.7. The summed E-state index contributed by atoms with van der Waals surface area (Å²) in [6, 6.07) is 6.96. The minimum absolute atomic E-state index is 0.00319. The van der Waals surface area contributed by atoms with Crippen LogP contribution in [0.1, 0.15) is 49.0 Å². The van der Waals surface area contributed by atoms with Crippen LogP contribution in [0.5, 0.6) is 5.75 Å². The average molecular weight is 567 g/mol. The number of hydrogen-bond donors (Lipinski definition) is 0. The van der Waals surface area contributed by atoms with E-state index in [0.29, 0.717) is 48.3 Å². The summed E-state index contributed by atoms with van der Waals surface area (Å²) in [5.41, 5.74) is 10.6. The minimum atomic E-state index is -3.87. The van der Waals surface area contributed by atoms with Crippen molar-refractivity contribution < 1.29 is 26.9 Å². The average Bonchev–Trinajstić information content (AvgIpc) is 3.18. The highest BCUT2D eigenvalue weighted by molar-refractivity contribution is 7.86. The largest absolute Gasteiger partial charge is 0.491 e. The van der Waals surface area contributed by atoms with Crippen molar-refractivity contribution in [2.24, 2.45) is 5.11 Å². The van der Waals surface area contributed by atoms with Gasteiger partial charge < -0.3 is 4.74 Å². The lowest BCUT2D eigenvalue weighted by Crippen LogP contribution is -2.32. The van der Waals surface area contributed by atoms with Gasteiger partial charge in [-0.2, -0.15) is 8.42 Å². The van der Waals surface area contributed by atoms with Crippen molar-refractivity contribution in [2.75, 3.05) is 44.3 Å². The molecule has 0 heterocycles. The van der Waals surface area contributed by atoms with Crippen molar-refractivity contribution in [3.05, 3.63) is 74.2 Å². The molecule has 0 aliphatic heterocycles. The van der Waals surface area contributed by atoms with E-state index in [1.165, 1.54) is 6.07 Å². The van der Waals surface area contributed by atoms with Crippen LogP contribution < -0.4 is 4.74 Å². The van der Waals surface area contributed by atoms with Crippen LogP contribution in [-0.4, -0.2) is 75.2 Å². The van der Waals surface area contributed by atoms with Gasteiger partial charge in [-0.25, -0.2) is 0 Å². The summed E-state index contributed by atoms with van der Waals surface area (Å²) in [4.78, 5) is 32.1. The number of azide groups is 1. The number of nitrogens with zero attached hydrogens (tertiary/aromatic N) is 4. The number of hydrogen-bond acceptors (Lipinski definition) is 8. The summed E-state index contributed by atoms with van der Waals surface area (Å²) in [7, 11) is -3.87. The lowest BCUT2D eigenvalue weighted by molar-refractivity contribution is 0.0974. The number of benzene rings is 2. The fraction of sp³-hybridized carbons (Fsp3) is 0.417. The van der Waals surface area contributed by atoms with E-state index in [2.05, 4.69) is 10.0 Å². The van der Waals surface area contributed by atoms with Crippen LogP contribution in [0.25, 0.3) is 10.4 Å². The third-order valence-electron chi connectivity index (χ3n) is 6.34. The van der Waals surface area contributed by atoms with Gasteiger partial charge in [0.25, 0.3) is 10.1 Å². The molecule has 2 atom stereocenters. The molecule has 2 unspecified atom stereocenters. The Bertz CT molecular complexity index is 1390. The molecule has 2 aliphatic rings. The van der Waals surface area contributed by atoms with Crippen LogP contribution in [-0.2, 0) is 20.7 Å². The minimum Gasteiger partial charge on any atom is -0.491 e. The van der Waals surface area contributed by atoms with E-state index in [-0.39, 0.29) is 41.1 Å². The predicted molar refractivity (Wildman–Crippen MR) is 138 cm³/mol. The maximum Gasteiger partial charge on any atom is 0.264 e. The third kappa shape index (κ3) is 5.62. The summed E-state index contributed by atoms with van der Waals surface area (Å²) in [5.74, 6) is 0.417. The molecule has 2 aromatic carbocycles. The third-order valence-corrected chi connectivity index (χ3v) is 7.27. The molecule has 0 amide bonds. The Morgan fingerprint density at radius 1 is 1.05 bits per heavy atom. The first kappa shape index (κ1) is 27.4. The molecule has 0 saturated heterocycles. The van der Waals surface area contributed by atoms with Gasteiger partial charge in [-0.15, -0.1) is 23.2 Å². The van der Waals surface area contributed by atoms with Gasteiger partial charge >= 0.3 is 0 Å². The molecule has 37 heavy (non-hydrogen) atoms. The number of halogens is 2. The molecular weight excluding hydrogens is 543 g/mol. The number of alkyl halides is 2. The second-order valence-corrected chi connectivity index (χ2v) is 11.0. The highest BCUT2D eigenvalue weighted by Gasteiger charge is 2.42. The van der Waals surface area contributed by atoms with Crippen LogP contribution in [0.2, 0.25) is 0 Å². The van der Waals surface area contributed by atoms with Gasteiger partial charge in [-0.05, 0) is 28.8 Å². The first-order valence-corrected chi connectivity index (χ1v) is 14.4. The van der Waals surface area contributed by atoms with Gasteiger partial charge in [0.05, 0.1) is 24.0 Å². The Morgan fingerprint density at radius 2 is 1.73 bits per heavy atom. The van der Waals surface area contributed by atoms with E-state index in [4.69, 9.17) is 37.7 Å². The normalized spacial score (nSPS) is 18.3. The van der Waals surface area contributed by atoms with E-state index >= 15 is 0 Å². The zero-order valence-corrected chi connectivity index (χ0v) is 22.2. The van der Waals surface area contributed by atoms with Crippen LogP contribution in [0.3, 0.4) is 0 Å². The van der Waals surface area contributed by atoms with Crippen molar-refractivity contribution in [1.82, 2.24) is 4.90 Å². The topological polar surface area (TPSA) is 139 Å². The Labute approximate surface area is 224 Å². The monoisotopic (exact) mass is 566 g/mol. The highest BCUT2D eigenvalue weighted by atomic mass is 35.5. The maximum absolute atomic E-state index is 13.7. The second-order valence-electron chi connectivity index (χ2n) is 8.65. The summed E-state index contributed by atoms with van der Waals surface area (Å²) < 4.78 is 34.7. The predicted octanol–water partition coefficient (Wildman–Crippen LogP) is 3.87. The van der Waals surface area contributed by atoms with E-state index in [1.54, 1.807) is 24.3 Å². The molecule has 4 rings (SSSR count). The quantitative estimate of drug-likeness (QED) is 0.113. The van der Waals surface area contributed by atoms with Crippen molar-refractivity contribution in [3.63, 3.8) is 0 Å². The number of ketones is 2. The van der Waals surface area contributed by atoms with E-state index in [1.807, 2.05) is 4.90 Å². The highest BCUT2D eigenvalue weighted by Crippen LogP contribution is 2.43. The van der Waals surface area contributed by atoms with Gasteiger partial charge in [0.2, 0.25) is 0 Å². The molecule has 0 spiro atoms. The zero-order chi connectivity index (χ0) is 26.7. The Morgan fingerprint density at radius 3 is 2.38 bits per heavy atom. The van der Waals surface area contributed by atoms with E-state index < -0.39 is 28.0 Å². The summed E-state index contributed by atoms with van der Waals surface area (Å²) in [5, 5.41) is 3.71. The summed E-state index contributed by atoms with van der Waals surface area (Å²) >= 11 is 11.7. The number of carbonyl (C=O) groups is 2. The molecule has 0 saturated carbocycles. The molecule has 0 N–H and O–H groups in total. The zero-order valence-electron chi connectivity index (χ0n) is 19.9. The summed E-state index contributed by atoms with van der Waals surface area (Å²) in [6.45, 7) is 2.08. The number of carbonyl (C=O) groups excluding carboxylic acids is 2. The van der Waals surface area contributed by atoms with E-state index in [0.717, 1.165) is 6.26 Å². The van der Waals surface area contributed by atoms with Gasteiger partial charge in [0.1, 0.15) is 12.4 Å². The Hall–Kier alpha value is -2.66. The Kier molecular flexibility index (Phi) is 8.42. The van der Waals surface area contributed by atoms with Crippen molar-refractivity contribution in [2.45, 2.75) is 18.6 Å². The molecule has 0 bridgehead atoms. The number of rotatable bonds is 11. The van der Waals surface area contributed by atoms with Crippen molar-refractivity contribution in [1.29, 1.82) is 0 Å². The van der Waals surface area contributed by atoms with Crippen LogP contribution in [0, 0.1) is 0 Å². The lowest BCUT2D eigenvalue weighted by Gasteiger charge is -2.24. The molecule has 0 aromatic heterocycles. The molecule has 0 radical (unpaired) electrons. The van der Waals surface area contributed by atoms with Gasteiger partial charge in [0, 0.05) is 59.4 Å². The smallest absolute Gasteiger partial charge is 0.264 e. The second kappa shape index (κ2) is 11.4. The van der Waals surface area contributed by atoms with Crippen molar-refractivity contribution in [3.8, 4) is 5.75 Å². The fourth-order valence-electron chi connectivity index (χ4n) is 4.83. The van der Waals surface area contributed by atoms with Crippen LogP contribution >= 0.6 is 23.2 Å². The fourth-order valence-corrected chi connectivity index (χ4v) is 5.93. The lowest BCUT2D eigenvalue weighted by atomic mass is 9.80. The van der Waals surface area contributed by atoms with E-state index in [9.17, 15) is 18.0 Å².